The first-order valence-electron chi connectivity index (χ1n) is 19.5. The Balaban J connectivity index is 0.961. The smallest absolute Gasteiger partial charge is 0.164 e. The van der Waals surface area contributed by atoms with Crippen molar-refractivity contribution in [2.45, 2.75) is 0 Å². The van der Waals surface area contributed by atoms with Gasteiger partial charge in [0.25, 0.3) is 0 Å². The summed E-state index contributed by atoms with van der Waals surface area (Å²) in [4.78, 5) is 14.9. The molecule has 1 aliphatic heterocycles. The number of benzene rings is 9. The molecular weight excluding hydrogens is 709 g/mol. The number of fused-ring (bicyclic) bond motifs is 6. The van der Waals surface area contributed by atoms with E-state index in [-0.39, 0.29) is 0 Å². The van der Waals surface area contributed by atoms with Crippen LogP contribution < -0.4 is 4.74 Å². The molecule has 0 aliphatic carbocycles. The lowest BCUT2D eigenvalue weighted by molar-refractivity contribution is 0.487. The average molecular weight is 741 g/mol. The van der Waals surface area contributed by atoms with E-state index in [4.69, 9.17) is 19.7 Å². The summed E-state index contributed by atoms with van der Waals surface area (Å²) in [7, 11) is 0. The van der Waals surface area contributed by atoms with Crippen LogP contribution in [0.5, 0.6) is 11.5 Å². The molecule has 0 saturated heterocycles. The van der Waals surface area contributed by atoms with Crippen molar-refractivity contribution in [3.63, 3.8) is 0 Å². The molecule has 0 radical (unpaired) electrons. The van der Waals surface area contributed by atoms with E-state index in [0.717, 1.165) is 66.9 Å². The average Bonchev–Trinajstić information content (AvgIpc) is 3.62. The van der Waals surface area contributed by atoms with Gasteiger partial charge in [0.15, 0.2) is 17.5 Å². The molecule has 58 heavy (non-hydrogen) atoms. The molecular formula is C53H32N4O. The summed E-state index contributed by atoms with van der Waals surface area (Å²) in [5.74, 6) is 3.53. The standard InChI is InChI=1S/C53H32N4O/c1-3-12-34(13-4-1)51-54-52(35-14-5-2-6-15-35)56-53(55-51)38-24-28-48-45(31-38)43-20-11-19-42-40(27-29-49(58-48)50(42)43)33-22-25-39(26-23-33)57-46-21-10-9-18-41(46)44-30-36-16-7-8-17-37(36)32-47(44)57/h1-32H. The lowest BCUT2D eigenvalue weighted by Gasteiger charge is -2.23. The van der Waals surface area contributed by atoms with E-state index in [1.165, 1.54) is 32.6 Å². The van der Waals surface area contributed by atoms with Crippen LogP contribution in [-0.2, 0) is 0 Å². The Bertz CT molecular complexity index is 3350. The molecule has 0 unspecified atom stereocenters. The molecule has 0 atom stereocenters. The van der Waals surface area contributed by atoms with E-state index in [9.17, 15) is 0 Å². The molecule has 12 rings (SSSR count). The number of hydrogen-bond donors (Lipinski definition) is 0. The lowest BCUT2D eigenvalue weighted by atomic mass is 9.90. The van der Waals surface area contributed by atoms with Gasteiger partial charge in [-0.3, -0.25) is 0 Å². The summed E-state index contributed by atoms with van der Waals surface area (Å²) in [5, 5.41) is 7.22. The van der Waals surface area contributed by atoms with Gasteiger partial charge in [-0.1, -0.05) is 140 Å². The van der Waals surface area contributed by atoms with Crippen LogP contribution in [0.2, 0.25) is 0 Å². The van der Waals surface area contributed by atoms with E-state index in [2.05, 4.69) is 126 Å². The monoisotopic (exact) mass is 740 g/mol. The highest BCUT2D eigenvalue weighted by Crippen LogP contribution is 2.49. The summed E-state index contributed by atoms with van der Waals surface area (Å²) >= 11 is 0. The molecule has 0 bridgehead atoms. The fourth-order valence-corrected chi connectivity index (χ4v) is 8.68. The molecule has 9 aromatic carbocycles. The largest absolute Gasteiger partial charge is 0.456 e. The summed E-state index contributed by atoms with van der Waals surface area (Å²) < 4.78 is 9.03. The van der Waals surface area contributed by atoms with Gasteiger partial charge in [-0.05, 0) is 87.4 Å². The number of para-hydroxylation sites is 1. The molecule has 0 fully saturated rings. The highest BCUT2D eigenvalue weighted by molar-refractivity contribution is 6.14. The number of rotatable bonds is 5. The van der Waals surface area contributed by atoms with E-state index in [0.29, 0.717) is 17.5 Å². The second-order valence-electron chi connectivity index (χ2n) is 14.8. The minimum Gasteiger partial charge on any atom is -0.456 e. The Morgan fingerprint density at radius 3 is 1.69 bits per heavy atom. The third kappa shape index (κ3) is 5.14. The first-order chi connectivity index (χ1) is 28.7. The highest BCUT2D eigenvalue weighted by atomic mass is 16.5. The van der Waals surface area contributed by atoms with Crippen molar-refractivity contribution in [2.24, 2.45) is 0 Å². The van der Waals surface area contributed by atoms with Crippen molar-refractivity contribution in [1.82, 2.24) is 19.5 Å². The number of nitrogens with zero attached hydrogens (tertiary/aromatic N) is 4. The summed E-state index contributed by atoms with van der Waals surface area (Å²) in [6.45, 7) is 0. The fourth-order valence-electron chi connectivity index (χ4n) is 8.68. The van der Waals surface area contributed by atoms with Gasteiger partial charge in [0, 0.05) is 44.1 Å². The predicted octanol–water partition coefficient (Wildman–Crippen LogP) is 13.7. The minimum absolute atomic E-state index is 0.610. The molecule has 5 heteroatoms. The van der Waals surface area contributed by atoms with Crippen LogP contribution in [0.3, 0.4) is 0 Å². The zero-order valence-corrected chi connectivity index (χ0v) is 31.2. The zero-order valence-electron chi connectivity index (χ0n) is 31.2. The second kappa shape index (κ2) is 12.8. The van der Waals surface area contributed by atoms with Crippen LogP contribution in [0.25, 0.3) is 105 Å². The highest BCUT2D eigenvalue weighted by Gasteiger charge is 2.23. The lowest BCUT2D eigenvalue weighted by Crippen LogP contribution is -2.01. The Kier molecular flexibility index (Phi) is 7.16. The molecule has 3 heterocycles. The Morgan fingerprint density at radius 2 is 0.948 bits per heavy atom. The molecule has 2 aromatic heterocycles. The van der Waals surface area contributed by atoms with Gasteiger partial charge in [0.1, 0.15) is 11.5 Å². The van der Waals surface area contributed by atoms with Crippen LogP contribution in [0.1, 0.15) is 0 Å². The van der Waals surface area contributed by atoms with Crippen LogP contribution in [0.15, 0.2) is 194 Å². The van der Waals surface area contributed by atoms with E-state index < -0.39 is 0 Å². The first kappa shape index (κ1) is 32.4. The van der Waals surface area contributed by atoms with Gasteiger partial charge < -0.3 is 9.30 Å². The molecule has 0 amide bonds. The second-order valence-corrected chi connectivity index (χ2v) is 14.8. The molecule has 1 aliphatic rings. The maximum Gasteiger partial charge on any atom is 0.164 e. The molecule has 5 nitrogen and oxygen atoms in total. The van der Waals surface area contributed by atoms with Gasteiger partial charge in [0.05, 0.1) is 11.0 Å². The maximum atomic E-state index is 6.64. The Morgan fingerprint density at radius 1 is 0.345 bits per heavy atom. The van der Waals surface area contributed by atoms with E-state index in [1.807, 2.05) is 72.8 Å². The van der Waals surface area contributed by atoms with E-state index >= 15 is 0 Å². The topological polar surface area (TPSA) is 52.8 Å². The third-order valence-corrected chi connectivity index (χ3v) is 11.4. The van der Waals surface area contributed by atoms with Crippen molar-refractivity contribution in [3.05, 3.63) is 194 Å². The summed E-state index contributed by atoms with van der Waals surface area (Å²) in [6.07, 6.45) is 0. The van der Waals surface area contributed by atoms with Crippen molar-refractivity contribution in [1.29, 1.82) is 0 Å². The van der Waals surface area contributed by atoms with Crippen LogP contribution >= 0.6 is 0 Å². The Labute approximate surface area is 334 Å². The SMILES string of the molecule is c1ccc(-c2nc(-c3ccccc3)nc(-c3ccc4c(c3)-c3cccc5c(-c6ccc(-n7c8ccccc8c8cc9ccccc9cc87)cc6)ccc(c35)O4)n2)cc1. The van der Waals surface area contributed by atoms with Crippen molar-refractivity contribution < 1.29 is 4.74 Å². The maximum absolute atomic E-state index is 6.64. The minimum atomic E-state index is 0.610. The van der Waals surface area contributed by atoms with E-state index in [1.54, 1.807) is 0 Å². The molecule has 0 spiro atoms. The fraction of sp³-hybridized carbons (Fsp3) is 0. The Hall–Kier alpha value is -7.89. The molecule has 270 valence electrons. The predicted molar refractivity (Wildman–Crippen MR) is 236 cm³/mol. The summed E-state index contributed by atoms with van der Waals surface area (Å²) in [6, 6.07) is 68.1. The van der Waals surface area contributed by atoms with Crippen LogP contribution in [-0.4, -0.2) is 19.5 Å². The summed E-state index contributed by atoms with van der Waals surface area (Å²) in [5.41, 5.74) is 10.7. The molecule has 11 aromatic rings. The van der Waals surface area contributed by atoms with Crippen molar-refractivity contribution in [3.8, 4) is 73.6 Å². The van der Waals surface area contributed by atoms with Crippen LogP contribution in [0, 0.1) is 0 Å². The van der Waals surface area contributed by atoms with Gasteiger partial charge >= 0.3 is 0 Å². The quantitative estimate of drug-likeness (QED) is 0.176. The molecule has 0 saturated carbocycles. The zero-order chi connectivity index (χ0) is 38.2. The van der Waals surface area contributed by atoms with Crippen molar-refractivity contribution >= 4 is 43.4 Å². The van der Waals surface area contributed by atoms with Crippen molar-refractivity contribution in [2.75, 3.05) is 0 Å². The first-order valence-corrected chi connectivity index (χ1v) is 19.5. The van der Waals surface area contributed by atoms with Gasteiger partial charge in [-0.25, -0.2) is 15.0 Å². The number of ether oxygens (including phenoxy) is 1. The van der Waals surface area contributed by atoms with Gasteiger partial charge in [-0.2, -0.15) is 0 Å². The normalized spacial score (nSPS) is 11.9. The number of aromatic nitrogens is 4. The molecule has 0 N–H and O–H groups in total. The number of hydrogen-bond acceptors (Lipinski definition) is 4. The van der Waals surface area contributed by atoms with Crippen LogP contribution in [0.4, 0.5) is 0 Å². The third-order valence-electron chi connectivity index (χ3n) is 11.4. The van der Waals surface area contributed by atoms with Gasteiger partial charge in [-0.15, -0.1) is 0 Å². The van der Waals surface area contributed by atoms with Gasteiger partial charge in [0.2, 0.25) is 0 Å².